The lowest BCUT2D eigenvalue weighted by Crippen LogP contribution is -1.96. The molecule has 0 amide bonds. The Kier molecular flexibility index (Phi) is 7.18. The Balaban J connectivity index is 0.000000231. The van der Waals surface area contributed by atoms with Gasteiger partial charge in [0.15, 0.2) is 5.75 Å². The minimum absolute atomic E-state index is 0.00904. The number of rotatable bonds is 0. The molecule has 0 aliphatic carbocycles. The van der Waals surface area contributed by atoms with E-state index in [1.165, 1.54) is 22.3 Å². The fraction of sp³-hybridized carbons (Fsp3) is 0.250. The lowest BCUT2D eigenvalue weighted by Gasteiger charge is -2.10. The fourth-order valence-electron chi connectivity index (χ4n) is 1.84. The molecule has 2 rings (SSSR count). The molecule has 0 atom stereocenters. The van der Waals surface area contributed by atoms with Crippen LogP contribution in [0.15, 0.2) is 6.07 Å². The van der Waals surface area contributed by atoms with Gasteiger partial charge in [0.1, 0.15) is 10.0 Å². The molecule has 0 radical (unpaired) electrons. The van der Waals surface area contributed by atoms with Gasteiger partial charge in [-0.3, -0.25) is 0 Å². The van der Waals surface area contributed by atoms with E-state index in [0.717, 1.165) is 5.69 Å². The smallest absolute Gasteiger partial charge is 0.155 e. The van der Waals surface area contributed by atoms with Gasteiger partial charge in [-0.2, -0.15) is 0 Å². The third-order valence-corrected chi connectivity index (χ3v) is 5.96. The Hall–Kier alpha value is -0.510. The van der Waals surface area contributed by atoms with Crippen molar-refractivity contribution in [1.29, 1.82) is 0 Å². The molecule has 0 spiro atoms. The van der Waals surface area contributed by atoms with Gasteiger partial charge >= 0.3 is 0 Å². The normalized spacial score (nSPS) is 10.3. The third kappa shape index (κ3) is 4.32. The van der Waals surface area contributed by atoms with Crippen LogP contribution in [0.4, 0.5) is 5.69 Å². The Morgan fingerprint density at radius 1 is 0.696 bits per heavy atom. The van der Waals surface area contributed by atoms with Crippen LogP contribution in [0.1, 0.15) is 22.3 Å². The molecule has 7 heteroatoms. The minimum atomic E-state index is -0.363. The summed E-state index contributed by atoms with van der Waals surface area (Å²) in [7, 11) is 0. The summed E-state index contributed by atoms with van der Waals surface area (Å²) >= 11 is 27.9. The maximum absolute atomic E-state index is 9.20. The van der Waals surface area contributed by atoms with Gasteiger partial charge in [0.2, 0.25) is 0 Å². The SMILES string of the molecule is Cc1cc(N)c(C)c(C)c1C.Oc1c(Cl)c(Cl)c(Cl)c(Cl)c1Cl. The van der Waals surface area contributed by atoms with Crippen molar-refractivity contribution in [3.63, 3.8) is 0 Å². The maximum atomic E-state index is 9.20. The average Bonchev–Trinajstić information content (AvgIpc) is 2.53. The molecular weight excluding hydrogens is 399 g/mol. The van der Waals surface area contributed by atoms with E-state index in [1.807, 2.05) is 6.07 Å². The van der Waals surface area contributed by atoms with E-state index in [1.54, 1.807) is 0 Å². The van der Waals surface area contributed by atoms with Crippen molar-refractivity contribution in [2.75, 3.05) is 5.73 Å². The van der Waals surface area contributed by atoms with E-state index in [0.29, 0.717) is 0 Å². The quantitative estimate of drug-likeness (QED) is 0.272. The van der Waals surface area contributed by atoms with Gasteiger partial charge in [-0.05, 0) is 56.0 Å². The molecule has 126 valence electrons. The van der Waals surface area contributed by atoms with Crippen molar-refractivity contribution in [3.8, 4) is 5.75 Å². The molecule has 0 bridgehead atoms. The summed E-state index contributed by atoms with van der Waals surface area (Å²) in [5.74, 6) is -0.363. The van der Waals surface area contributed by atoms with Crippen molar-refractivity contribution < 1.29 is 5.11 Å². The molecule has 0 aromatic heterocycles. The number of hydrogen-bond acceptors (Lipinski definition) is 2. The molecular formula is C16H16Cl5NO. The predicted octanol–water partition coefficient (Wildman–Crippen LogP) is 7.16. The van der Waals surface area contributed by atoms with Gasteiger partial charge in [-0.1, -0.05) is 58.0 Å². The van der Waals surface area contributed by atoms with Crippen LogP contribution in [0.25, 0.3) is 0 Å². The molecule has 3 N–H and O–H groups in total. The third-order valence-electron chi connectivity index (χ3n) is 3.71. The van der Waals surface area contributed by atoms with Gasteiger partial charge in [0, 0.05) is 5.69 Å². The molecule has 0 fully saturated rings. The van der Waals surface area contributed by atoms with Crippen LogP contribution < -0.4 is 5.73 Å². The number of anilines is 1. The van der Waals surface area contributed by atoms with Crippen LogP contribution >= 0.6 is 58.0 Å². The first-order valence-corrected chi connectivity index (χ1v) is 8.42. The molecule has 23 heavy (non-hydrogen) atoms. The Bertz CT molecular complexity index is 628. The summed E-state index contributed by atoms with van der Waals surface area (Å²) in [5, 5.41) is 9.01. The van der Waals surface area contributed by atoms with E-state index in [-0.39, 0.29) is 30.9 Å². The number of phenols is 1. The first kappa shape index (κ1) is 20.5. The number of phenolic OH excluding ortho intramolecular Hbond substituents is 1. The van der Waals surface area contributed by atoms with Crippen LogP contribution in [0.2, 0.25) is 25.1 Å². The van der Waals surface area contributed by atoms with Gasteiger partial charge in [0.25, 0.3) is 0 Å². The Morgan fingerprint density at radius 2 is 1.09 bits per heavy atom. The molecule has 2 aromatic rings. The first-order valence-electron chi connectivity index (χ1n) is 6.53. The Morgan fingerprint density at radius 3 is 1.52 bits per heavy atom. The van der Waals surface area contributed by atoms with Crippen molar-refractivity contribution in [1.82, 2.24) is 0 Å². The number of halogens is 5. The zero-order valence-corrected chi connectivity index (χ0v) is 16.8. The summed E-state index contributed by atoms with van der Waals surface area (Å²) in [6, 6.07) is 2.04. The van der Waals surface area contributed by atoms with E-state index in [4.69, 9.17) is 63.7 Å². The Labute approximate surface area is 161 Å². The average molecular weight is 416 g/mol. The molecule has 2 aromatic carbocycles. The number of aromatic hydroxyl groups is 1. The molecule has 2 nitrogen and oxygen atoms in total. The van der Waals surface area contributed by atoms with E-state index in [2.05, 4.69) is 27.7 Å². The van der Waals surface area contributed by atoms with Crippen molar-refractivity contribution in [2.24, 2.45) is 0 Å². The van der Waals surface area contributed by atoms with Gasteiger partial charge in [-0.15, -0.1) is 0 Å². The van der Waals surface area contributed by atoms with Crippen LogP contribution in [0.3, 0.4) is 0 Å². The molecule has 0 unspecified atom stereocenters. The lowest BCUT2D eigenvalue weighted by atomic mass is 9.98. The predicted molar refractivity (Wildman–Crippen MR) is 103 cm³/mol. The standard InChI is InChI=1S/C10H15N.C6HCl5O/c1-6-5-10(11)9(4)8(3)7(6)2;7-1-2(8)4(10)6(12)5(11)3(1)9/h5H,11H2,1-4H3;12H. The highest BCUT2D eigenvalue weighted by Crippen LogP contribution is 2.47. The second kappa shape index (κ2) is 8.04. The molecule has 0 saturated carbocycles. The van der Waals surface area contributed by atoms with E-state index < -0.39 is 0 Å². The molecule has 0 aliphatic rings. The summed E-state index contributed by atoms with van der Waals surface area (Å²) in [5.41, 5.74) is 11.9. The van der Waals surface area contributed by atoms with Crippen LogP contribution in [-0.4, -0.2) is 5.11 Å². The monoisotopic (exact) mass is 413 g/mol. The van der Waals surface area contributed by atoms with Gasteiger partial charge in [-0.25, -0.2) is 0 Å². The summed E-state index contributed by atoms with van der Waals surface area (Å²) in [6.07, 6.45) is 0. The minimum Gasteiger partial charge on any atom is -0.505 e. The number of hydrogen-bond donors (Lipinski definition) is 2. The summed E-state index contributed by atoms with van der Waals surface area (Å²) in [4.78, 5) is 0. The largest absolute Gasteiger partial charge is 0.505 e. The molecule has 0 aliphatic heterocycles. The maximum Gasteiger partial charge on any atom is 0.155 e. The highest BCUT2D eigenvalue weighted by atomic mass is 35.5. The fourth-order valence-corrected chi connectivity index (χ4v) is 2.96. The molecule has 0 saturated heterocycles. The highest BCUT2D eigenvalue weighted by Gasteiger charge is 2.18. The van der Waals surface area contributed by atoms with Crippen LogP contribution in [0, 0.1) is 27.7 Å². The van der Waals surface area contributed by atoms with Crippen LogP contribution in [0.5, 0.6) is 5.75 Å². The number of nitrogens with two attached hydrogens (primary N) is 1. The second-order valence-electron chi connectivity index (χ2n) is 5.08. The van der Waals surface area contributed by atoms with E-state index in [9.17, 15) is 5.11 Å². The lowest BCUT2D eigenvalue weighted by molar-refractivity contribution is 0.476. The highest BCUT2D eigenvalue weighted by molar-refractivity contribution is 6.55. The van der Waals surface area contributed by atoms with Gasteiger partial charge < -0.3 is 10.8 Å². The van der Waals surface area contributed by atoms with Crippen molar-refractivity contribution >= 4 is 63.7 Å². The first-order chi connectivity index (χ1) is 10.5. The number of benzene rings is 2. The zero-order chi connectivity index (χ0) is 18.1. The van der Waals surface area contributed by atoms with Crippen LogP contribution in [-0.2, 0) is 0 Å². The topological polar surface area (TPSA) is 46.2 Å². The zero-order valence-electron chi connectivity index (χ0n) is 13.0. The number of nitrogen functional groups attached to an aromatic ring is 1. The second-order valence-corrected chi connectivity index (χ2v) is 6.97. The van der Waals surface area contributed by atoms with E-state index >= 15 is 0 Å². The molecule has 0 heterocycles. The van der Waals surface area contributed by atoms with Crippen molar-refractivity contribution in [3.05, 3.63) is 53.4 Å². The summed E-state index contributed by atoms with van der Waals surface area (Å²) < 4.78 is 0. The van der Waals surface area contributed by atoms with Gasteiger partial charge in [0.05, 0.1) is 15.1 Å². The summed E-state index contributed by atoms with van der Waals surface area (Å²) in [6.45, 7) is 8.42. The van der Waals surface area contributed by atoms with Crippen molar-refractivity contribution in [2.45, 2.75) is 27.7 Å². The number of aryl methyl sites for hydroxylation is 1.